The normalized spacial score (nSPS) is 40.8. The number of Topliss-reactive ketones (excluding diaryl/α,β-unsaturated/α-hetero) is 1. The summed E-state index contributed by atoms with van der Waals surface area (Å²) < 4.78 is 0. The second kappa shape index (κ2) is 11.5. The third-order valence-electron chi connectivity index (χ3n) is 13.6. The number of carbonyl (C=O) groups is 2. The molecule has 5 heteroatoms. The second-order valence-electron chi connectivity index (χ2n) is 16.6. The van der Waals surface area contributed by atoms with Gasteiger partial charge in [-0.2, -0.15) is 0 Å². The summed E-state index contributed by atoms with van der Waals surface area (Å²) in [6.45, 7) is 20.6. The number of aliphatic hydroxyl groups excluding tert-OH is 1. The van der Waals surface area contributed by atoms with Crippen molar-refractivity contribution in [1.29, 1.82) is 0 Å². The SMILES string of the molecule is C=C(CCN(C)CCCC=O)NC12CCC3C(CCC4C3(C)CCC3C(C)(C)C(O)CCC34C)C1=C(C(C)C)C(=O)C2. The van der Waals surface area contributed by atoms with E-state index in [0.29, 0.717) is 42.3 Å². The first kappa shape index (κ1) is 31.9. The predicted molar refractivity (Wildman–Crippen MR) is 171 cm³/mol. The number of aldehydes is 1. The Labute approximate surface area is 256 Å². The average Bonchev–Trinajstić information content (AvgIpc) is 3.21. The molecule has 2 N–H and O–H groups in total. The average molecular weight is 581 g/mol. The van der Waals surface area contributed by atoms with Crippen LogP contribution < -0.4 is 5.32 Å². The summed E-state index contributed by atoms with van der Waals surface area (Å²) in [5.41, 5.74) is 3.89. The molecule has 8 atom stereocenters. The maximum Gasteiger partial charge on any atom is 0.161 e. The smallest absolute Gasteiger partial charge is 0.161 e. The van der Waals surface area contributed by atoms with Crippen molar-refractivity contribution < 1.29 is 14.7 Å². The number of rotatable bonds is 10. The molecule has 236 valence electrons. The first-order valence-corrected chi connectivity index (χ1v) is 17.2. The van der Waals surface area contributed by atoms with Gasteiger partial charge in [0.05, 0.1) is 11.6 Å². The van der Waals surface area contributed by atoms with Crippen molar-refractivity contribution in [3.05, 3.63) is 23.4 Å². The fraction of sp³-hybridized carbons (Fsp3) is 0.838. The lowest BCUT2D eigenvalue weighted by Crippen LogP contribution is -2.63. The first-order chi connectivity index (χ1) is 19.7. The van der Waals surface area contributed by atoms with E-state index in [4.69, 9.17) is 0 Å². The molecule has 4 saturated carbocycles. The Balaban J connectivity index is 1.40. The lowest BCUT2D eigenvalue weighted by atomic mass is 9.37. The Hall–Kier alpha value is -1.46. The molecule has 0 radical (unpaired) electrons. The molecular weight excluding hydrogens is 520 g/mol. The standard InChI is InChI=1S/C37H60N2O3/c1-24(2)32-28(41)23-37(38-25(3)16-21-39(8)20-9-10-22-40)19-13-27-26(33(32)37)11-12-30-35(27,6)17-14-29-34(4,5)31(42)15-18-36(29,30)7/h22,24,26-27,29-31,38,42H,3,9-21,23H2,1-2,4-8H3. The van der Waals surface area contributed by atoms with Gasteiger partial charge in [0, 0.05) is 25.1 Å². The van der Waals surface area contributed by atoms with E-state index in [0.717, 1.165) is 62.7 Å². The number of unbranched alkanes of at least 4 members (excludes halogenated alkanes) is 1. The number of nitrogens with one attached hydrogen (secondary N) is 1. The van der Waals surface area contributed by atoms with Crippen LogP contribution in [-0.2, 0) is 9.59 Å². The third kappa shape index (κ3) is 5.07. The summed E-state index contributed by atoms with van der Waals surface area (Å²) in [6.07, 6.45) is 12.9. The number of hydrogen-bond donors (Lipinski definition) is 2. The van der Waals surface area contributed by atoms with Crippen molar-refractivity contribution in [1.82, 2.24) is 10.2 Å². The van der Waals surface area contributed by atoms with Crippen LogP contribution in [0.1, 0.15) is 119 Å². The summed E-state index contributed by atoms with van der Waals surface area (Å²) in [5, 5.41) is 14.9. The fourth-order valence-corrected chi connectivity index (χ4v) is 11.7. The molecule has 5 aliphatic carbocycles. The van der Waals surface area contributed by atoms with Gasteiger partial charge in [0.15, 0.2) is 5.78 Å². The molecule has 5 rings (SSSR count). The predicted octanol–water partition coefficient (Wildman–Crippen LogP) is 7.09. The van der Waals surface area contributed by atoms with Crippen molar-refractivity contribution in [2.24, 2.45) is 45.8 Å². The summed E-state index contributed by atoms with van der Waals surface area (Å²) in [5.74, 6) is 2.95. The van der Waals surface area contributed by atoms with Gasteiger partial charge in [-0.15, -0.1) is 0 Å². The van der Waals surface area contributed by atoms with Crippen LogP contribution in [0.2, 0.25) is 0 Å². The minimum Gasteiger partial charge on any atom is -0.393 e. The highest BCUT2D eigenvalue weighted by molar-refractivity contribution is 6.01. The molecule has 0 aromatic heterocycles. The zero-order chi connectivity index (χ0) is 30.7. The monoisotopic (exact) mass is 580 g/mol. The Kier molecular flexibility index (Phi) is 8.73. The molecule has 0 saturated heterocycles. The summed E-state index contributed by atoms with van der Waals surface area (Å²) in [7, 11) is 2.12. The first-order valence-electron chi connectivity index (χ1n) is 17.2. The van der Waals surface area contributed by atoms with Gasteiger partial charge < -0.3 is 20.1 Å². The number of ketones is 1. The number of hydrogen-bond acceptors (Lipinski definition) is 5. The van der Waals surface area contributed by atoms with Crippen LogP contribution in [-0.4, -0.2) is 53.9 Å². The van der Waals surface area contributed by atoms with Crippen molar-refractivity contribution in [3.63, 3.8) is 0 Å². The van der Waals surface area contributed by atoms with E-state index in [1.165, 1.54) is 37.7 Å². The summed E-state index contributed by atoms with van der Waals surface area (Å²) in [6, 6.07) is 0. The third-order valence-corrected chi connectivity index (χ3v) is 13.6. The number of aliphatic hydroxyl groups is 1. The van der Waals surface area contributed by atoms with E-state index in [-0.39, 0.29) is 33.8 Å². The molecule has 4 fully saturated rings. The van der Waals surface area contributed by atoms with Crippen molar-refractivity contribution >= 4 is 12.1 Å². The molecule has 0 amide bonds. The van der Waals surface area contributed by atoms with Crippen LogP contribution >= 0.6 is 0 Å². The molecule has 8 unspecified atom stereocenters. The van der Waals surface area contributed by atoms with Crippen LogP contribution in [0.25, 0.3) is 0 Å². The summed E-state index contributed by atoms with van der Waals surface area (Å²) in [4.78, 5) is 26.8. The number of allylic oxidation sites excluding steroid dienone is 1. The Bertz CT molecular complexity index is 1110. The molecule has 0 aliphatic heterocycles. The maximum atomic E-state index is 13.8. The van der Waals surface area contributed by atoms with E-state index in [1.54, 1.807) is 0 Å². The largest absolute Gasteiger partial charge is 0.393 e. The molecule has 0 heterocycles. The van der Waals surface area contributed by atoms with Gasteiger partial charge in [-0.05, 0) is 135 Å². The van der Waals surface area contributed by atoms with Crippen molar-refractivity contribution in [3.8, 4) is 0 Å². The highest BCUT2D eigenvalue weighted by atomic mass is 16.3. The van der Waals surface area contributed by atoms with Crippen LogP contribution in [0.3, 0.4) is 0 Å². The maximum absolute atomic E-state index is 13.8. The Morgan fingerprint density at radius 2 is 1.74 bits per heavy atom. The van der Waals surface area contributed by atoms with Gasteiger partial charge in [-0.3, -0.25) is 4.79 Å². The molecule has 0 bridgehead atoms. The molecule has 5 aliphatic rings. The molecular formula is C37H60N2O3. The van der Waals surface area contributed by atoms with Gasteiger partial charge in [0.1, 0.15) is 6.29 Å². The van der Waals surface area contributed by atoms with Crippen LogP contribution in [0.4, 0.5) is 0 Å². The lowest BCUT2D eigenvalue weighted by Gasteiger charge is -2.68. The van der Waals surface area contributed by atoms with Gasteiger partial charge >= 0.3 is 0 Å². The molecule has 5 nitrogen and oxygen atoms in total. The zero-order valence-corrected chi connectivity index (χ0v) is 27.9. The molecule has 0 aromatic rings. The van der Waals surface area contributed by atoms with E-state index < -0.39 is 0 Å². The summed E-state index contributed by atoms with van der Waals surface area (Å²) >= 11 is 0. The van der Waals surface area contributed by atoms with Gasteiger partial charge in [0.2, 0.25) is 0 Å². The minimum atomic E-state index is -0.272. The molecule has 42 heavy (non-hydrogen) atoms. The lowest BCUT2D eigenvalue weighted by molar-refractivity contribution is -0.202. The van der Waals surface area contributed by atoms with E-state index in [1.807, 2.05) is 0 Å². The van der Waals surface area contributed by atoms with Crippen LogP contribution in [0, 0.1) is 45.8 Å². The van der Waals surface area contributed by atoms with E-state index in [9.17, 15) is 14.7 Å². The van der Waals surface area contributed by atoms with E-state index in [2.05, 4.69) is 65.4 Å². The number of carbonyl (C=O) groups excluding carboxylic acids is 2. The minimum absolute atomic E-state index is 0.0229. The van der Waals surface area contributed by atoms with Gasteiger partial charge in [-0.25, -0.2) is 0 Å². The van der Waals surface area contributed by atoms with Crippen LogP contribution in [0.15, 0.2) is 23.4 Å². The molecule has 0 aromatic carbocycles. The fourth-order valence-electron chi connectivity index (χ4n) is 11.7. The highest BCUT2D eigenvalue weighted by Crippen LogP contribution is 2.72. The quantitative estimate of drug-likeness (QED) is 0.213. The second-order valence-corrected chi connectivity index (χ2v) is 16.6. The molecule has 0 spiro atoms. The van der Waals surface area contributed by atoms with Gasteiger partial charge in [0.25, 0.3) is 0 Å². The van der Waals surface area contributed by atoms with Crippen molar-refractivity contribution in [2.45, 2.75) is 130 Å². The van der Waals surface area contributed by atoms with Crippen LogP contribution in [0.5, 0.6) is 0 Å². The highest BCUT2D eigenvalue weighted by Gasteiger charge is 2.66. The van der Waals surface area contributed by atoms with Crippen molar-refractivity contribution in [2.75, 3.05) is 20.1 Å². The number of fused-ring (bicyclic) bond motifs is 7. The Morgan fingerprint density at radius 1 is 1.02 bits per heavy atom. The van der Waals surface area contributed by atoms with Gasteiger partial charge in [-0.1, -0.05) is 48.1 Å². The van der Waals surface area contributed by atoms with E-state index >= 15 is 0 Å². The number of nitrogens with zero attached hydrogens (tertiary/aromatic N) is 1. The topological polar surface area (TPSA) is 69.6 Å². The Morgan fingerprint density at radius 3 is 2.43 bits per heavy atom. The zero-order valence-electron chi connectivity index (χ0n) is 27.9.